The number of benzene rings is 1. The first-order valence-corrected chi connectivity index (χ1v) is 9.37. The van der Waals surface area contributed by atoms with Crippen LogP contribution in [0.4, 0.5) is 0 Å². The molecule has 1 atom stereocenters. The molecule has 0 spiro atoms. The van der Waals surface area contributed by atoms with E-state index in [1.807, 2.05) is 32.0 Å². The fraction of sp³-hybridized carbons (Fsp3) is 0.529. The van der Waals surface area contributed by atoms with E-state index in [-0.39, 0.29) is 11.2 Å². The molecule has 1 aromatic carbocycles. The maximum atomic E-state index is 12.4. The Labute approximate surface area is 151 Å². The zero-order chi connectivity index (χ0) is 17.8. The van der Waals surface area contributed by atoms with Gasteiger partial charge in [-0.15, -0.1) is 5.10 Å². The van der Waals surface area contributed by atoms with Crippen molar-refractivity contribution in [3.8, 4) is 11.4 Å². The Bertz CT molecular complexity index is 742. The molecule has 8 heteroatoms. The van der Waals surface area contributed by atoms with Crippen LogP contribution in [-0.4, -0.2) is 44.5 Å². The molecule has 0 unspecified atom stereocenters. The van der Waals surface area contributed by atoms with Gasteiger partial charge in [-0.2, -0.15) is 4.68 Å². The first-order valence-electron chi connectivity index (χ1n) is 8.49. The van der Waals surface area contributed by atoms with Crippen LogP contribution in [0, 0.1) is 6.92 Å². The van der Waals surface area contributed by atoms with Crippen molar-refractivity contribution < 1.29 is 9.53 Å². The topological polar surface area (TPSA) is 81.9 Å². The van der Waals surface area contributed by atoms with E-state index >= 15 is 0 Å². The maximum absolute atomic E-state index is 12.4. The van der Waals surface area contributed by atoms with Crippen LogP contribution in [0.15, 0.2) is 23.4 Å². The Morgan fingerprint density at radius 1 is 1.40 bits per heavy atom. The van der Waals surface area contributed by atoms with Crippen LogP contribution in [0.2, 0.25) is 0 Å². The summed E-state index contributed by atoms with van der Waals surface area (Å²) in [4.78, 5) is 12.4. The Hall–Kier alpha value is -2.09. The van der Waals surface area contributed by atoms with Gasteiger partial charge in [-0.05, 0) is 54.8 Å². The zero-order valence-corrected chi connectivity index (χ0v) is 15.5. The van der Waals surface area contributed by atoms with E-state index in [0.717, 1.165) is 24.1 Å². The molecule has 0 bridgehead atoms. The second-order valence-corrected chi connectivity index (χ2v) is 7.61. The van der Waals surface area contributed by atoms with E-state index in [0.29, 0.717) is 16.9 Å². The van der Waals surface area contributed by atoms with Crippen LogP contribution in [-0.2, 0) is 4.79 Å². The van der Waals surface area contributed by atoms with E-state index in [1.165, 1.54) is 24.6 Å². The highest BCUT2D eigenvalue weighted by atomic mass is 32.2. The summed E-state index contributed by atoms with van der Waals surface area (Å²) < 4.78 is 7.04. The molecule has 1 saturated carbocycles. The molecule has 0 saturated heterocycles. The lowest BCUT2D eigenvalue weighted by Crippen LogP contribution is -2.37. The molecule has 3 rings (SSSR count). The zero-order valence-electron chi connectivity index (χ0n) is 14.7. The normalized spacial score (nSPS) is 16.0. The molecule has 1 aliphatic rings. The number of hydrogen-bond acceptors (Lipinski definition) is 6. The maximum Gasteiger partial charge on any atom is 0.233 e. The number of nitrogens with zero attached hydrogens (tertiary/aromatic N) is 4. The summed E-state index contributed by atoms with van der Waals surface area (Å²) in [5, 5.41) is 15.3. The number of aromatic nitrogens is 4. The van der Waals surface area contributed by atoms with Crippen molar-refractivity contribution in [2.24, 2.45) is 0 Å². The summed E-state index contributed by atoms with van der Waals surface area (Å²) in [6, 6.07) is 6.12. The fourth-order valence-corrected chi connectivity index (χ4v) is 3.78. The second-order valence-electron chi connectivity index (χ2n) is 6.30. The van der Waals surface area contributed by atoms with Gasteiger partial charge >= 0.3 is 0 Å². The number of methoxy groups -OCH3 is 1. The number of rotatable bonds is 6. The minimum Gasteiger partial charge on any atom is -0.494 e. The van der Waals surface area contributed by atoms with Crippen molar-refractivity contribution in [2.45, 2.75) is 56.0 Å². The quantitative estimate of drug-likeness (QED) is 0.796. The van der Waals surface area contributed by atoms with Crippen LogP contribution < -0.4 is 10.1 Å². The Morgan fingerprint density at radius 3 is 2.88 bits per heavy atom. The average Bonchev–Trinajstić information content (AvgIpc) is 3.26. The number of aryl methyl sites for hydroxylation is 1. The van der Waals surface area contributed by atoms with Gasteiger partial charge in [-0.1, -0.05) is 30.7 Å². The lowest BCUT2D eigenvalue weighted by atomic mass is 10.2. The van der Waals surface area contributed by atoms with Gasteiger partial charge in [0.15, 0.2) is 0 Å². The molecule has 1 aromatic heterocycles. The van der Waals surface area contributed by atoms with Crippen molar-refractivity contribution in [3.05, 3.63) is 23.8 Å². The predicted molar refractivity (Wildman–Crippen MR) is 96.2 cm³/mol. The largest absolute Gasteiger partial charge is 0.494 e. The van der Waals surface area contributed by atoms with Gasteiger partial charge < -0.3 is 10.1 Å². The molecule has 1 heterocycles. The van der Waals surface area contributed by atoms with Crippen molar-refractivity contribution in [1.29, 1.82) is 0 Å². The highest BCUT2D eigenvalue weighted by Crippen LogP contribution is 2.29. The van der Waals surface area contributed by atoms with Crippen LogP contribution in [0.25, 0.3) is 5.69 Å². The van der Waals surface area contributed by atoms with Gasteiger partial charge in [0.25, 0.3) is 0 Å². The number of amides is 1. The third kappa shape index (κ3) is 4.12. The molecule has 2 aromatic rings. The van der Waals surface area contributed by atoms with Crippen molar-refractivity contribution in [2.75, 3.05) is 7.11 Å². The lowest BCUT2D eigenvalue weighted by molar-refractivity contribution is -0.120. The third-order valence-corrected chi connectivity index (χ3v) is 5.39. The summed E-state index contributed by atoms with van der Waals surface area (Å²) in [7, 11) is 1.61. The van der Waals surface area contributed by atoms with E-state index in [4.69, 9.17) is 4.74 Å². The molecule has 1 aliphatic carbocycles. The van der Waals surface area contributed by atoms with Crippen molar-refractivity contribution >= 4 is 17.7 Å². The van der Waals surface area contributed by atoms with E-state index in [1.54, 1.807) is 11.8 Å². The van der Waals surface area contributed by atoms with Gasteiger partial charge in [0, 0.05) is 6.04 Å². The van der Waals surface area contributed by atoms with E-state index in [9.17, 15) is 4.79 Å². The standard InChI is InChI=1S/C17H23N5O2S/c1-11-8-9-15(24-3)14(10-11)22-17(19-20-21-22)25-12(2)16(23)18-13-6-4-5-7-13/h8-10,12-13H,4-7H2,1-3H3,(H,18,23)/t12-/m0/s1. The molecule has 7 nitrogen and oxygen atoms in total. The SMILES string of the molecule is COc1ccc(C)cc1-n1nnnc1S[C@@H](C)C(=O)NC1CCCC1. The molecule has 0 aliphatic heterocycles. The number of nitrogens with one attached hydrogen (secondary N) is 1. The smallest absolute Gasteiger partial charge is 0.233 e. The van der Waals surface area contributed by atoms with Crippen LogP contribution in [0.3, 0.4) is 0 Å². The molecular formula is C17H23N5O2S. The van der Waals surface area contributed by atoms with Gasteiger partial charge in [-0.3, -0.25) is 4.79 Å². The number of hydrogen-bond donors (Lipinski definition) is 1. The minimum absolute atomic E-state index is 0.0302. The summed E-state index contributed by atoms with van der Waals surface area (Å²) in [5.41, 5.74) is 1.84. The molecule has 25 heavy (non-hydrogen) atoms. The summed E-state index contributed by atoms with van der Waals surface area (Å²) >= 11 is 1.35. The van der Waals surface area contributed by atoms with Crippen molar-refractivity contribution in [1.82, 2.24) is 25.5 Å². The average molecular weight is 361 g/mol. The first kappa shape index (κ1) is 17.7. The summed E-state index contributed by atoms with van der Waals surface area (Å²) in [5.74, 6) is 0.713. The third-order valence-electron chi connectivity index (χ3n) is 4.36. The summed E-state index contributed by atoms with van der Waals surface area (Å²) in [6.45, 7) is 3.87. The molecule has 1 N–H and O–H groups in total. The Balaban J connectivity index is 1.75. The number of carbonyl (C=O) groups is 1. The molecule has 1 fully saturated rings. The highest BCUT2D eigenvalue weighted by molar-refractivity contribution is 8.00. The Morgan fingerprint density at radius 2 is 2.16 bits per heavy atom. The monoisotopic (exact) mass is 361 g/mol. The van der Waals surface area contributed by atoms with Crippen LogP contribution >= 0.6 is 11.8 Å². The molecular weight excluding hydrogens is 338 g/mol. The highest BCUT2D eigenvalue weighted by Gasteiger charge is 2.24. The summed E-state index contributed by atoms with van der Waals surface area (Å²) in [6.07, 6.45) is 4.53. The second kappa shape index (κ2) is 7.86. The number of ether oxygens (including phenoxy) is 1. The number of thioether (sulfide) groups is 1. The van der Waals surface area contributed by atoms with Crippen LogP contribution in [0.5, 0.6) is 5.75 Å². The van der Waals surface area contributed by atoms with Gasteiger partial charge in [0.1, 0.15) is 11.4 Å². The minimum atomic E-state index is -0.277. The van der Waals surface area contributed by atoms with Crippen LogP contribution in [0.1, 0.15) is 38.2 Å². The van der Waals surface area contributed by atoms with E-state index in [2.05, 4.69) is 20.8 Å². The lowest BCUT2D eigenvalue weighted by Gasteiger charge is -2.16. The number of tetrazole rings is 1. The molecule has 134 valence electrons. The van der Waals surface area contributed by atoms with Gasteiger partial charge in [0.2, 0.25) is 11.1 Å². The van der Waals surface area contributed by atoms with Gasteiger partial charge in [0.05, 0.1) is 12.4 Å². The fourth-order valence-electron chi connectivity index (χ4n) is 2.97. The molecule has 0 radical (unpaired) electrons. The van der Waals surface area contributed by atoms with Gasteiger partial charge in [-0.25, -0.2) is 0 Å². The number of carbonyl (C=O) groups excluding carboxylic acids is 1. The first-order chi connectivity index (χ1) is 12.1. The van der Waals surface area contributed by atoms with E-state index < -0.39 is 0 Å². The van der Waals surface area contributed by atoms with Crippen molar-refractivity contribution in [3.63, 3.8) is 0 Å². The Kier molecular flexibility index (Phi) is 5.57. The predicted octanol–water partition coefficient (Wildman–Crippen LogP) is 2.52. The molecule has 1 amide bonds.